The van der Waals surface area contributed by atoms with Gasteiger partial charge in [-0.15, -0.1) is 0 Å². The van der Waals surface area contributed by atoms with Crippen LogP contribution in [0.5, 0.6) is 0 Å². The van der Waals surface area contributed by atoms with Gasteiger partial charge >= 0.3 is 0 Å². The Morgan fingerprint density at radius 3 is 2.93 bits per heavy atom. The molecule has 2 aliphatic rings. The Hall–Kier alpha value is -0.120. The van der Waals surface area contributed by atoms with Gasteiger partial charge in [-0.1, -0.05) is 6.92 Å². The van der Waals surface area contributed by atoms with Crippen LogP contribution in [0.3, 0.4) is 0 Å². The zero-order chi connectivity index (χ0) is 9.80. The SMILES string of the molecule is CCNC1CC(OCC2CCCO2)C1. The maximum Gasteiger partial charge on any atom is 0.0809 e. The molecule has 2 rings (SSSR count). The van der Waals surface area contributed by atoms with Crippen molar-refractivity contribution in [1.29, 1.82) is 0 Å². The second kappa shape index (κ2) is 5.10. The van der Waals surface area contributed by atoms with Crippen LogP contribution in [-0.2, 0) is 9.47 Å². The molecule has 82 valence electrons. The van der Waals surface area contributed by atoms with Gasteiger partial charge in [-0.2, -0.15) is 0 Å². The van der Waals surface area contributed by atoms with E-state index in [2.05, 4.69) is 12.2 Å². The van der Waals surface area contributed by atoms with Gasteiger partial charge in [0, 0.05) is 12.6 Å². The highest BCUT2D eigenvalue weighted by molar-refractivity contribution is 4.85. The van der Waals surface area contributed by atoms with Gasteiger partial charge in [0.25, 0.3) is 0 Å². The van der Waals surface area contributed by atoms with Crippen LogP contribution in [0, 0.1) is 0 Å². The molecule has 0 aromatic rings. The third kappa shape index (κ3) is 2.69. The molecule has 3 heteroatoms. The third-order valence-corrected chi connectivity index (χ3v) is 3.13. The summed E-state index contributed by atoms with van der Waals surface area (Å²) in [7, 11) is 0. The quantitative estimate of drug-likeness (QED) is 0.724. The van der Waals surface area contributed by atoms with E-state index in [4.69, 9.17) is 9.47 Å². The molecular weight excluding hydrogens is 178 g/mol. The van der Waals surface area contributed by atoms with Crippen LogP contribution in [0.2, 0.25) is 0 Å². The smallest absolute Gasteiger partial charge is 0.0809 e. The molecule has 14 heavy (non-hydrogen) atoms. The van der Waals surface area contributed by atoms with Crippen molar-refractivity contribution in [2.24, 2.45) is 0 Å². The maximum atomic E-state index is 5.77. The first-order valence-electron chi connectivity index (χ1n) is 5.85. The molecule has 1 aliphatic carbocycles. The Kier molecular flexibility index (Phi) is 3.79. The first kappa shape index (κ1) is 10.4. The molecule has 1 heterocycles. The summed E-state index contributed by atoms with van der Waals surface area (Å²) in [6.45, 7) is 4.96. The zero-order valence-corrected chi connectivity index (χ0v) is 9.00. The van der Waals surface area contributed by atoms with Crippen molar-refractivity contribution in [1.82, 2.24) is 5.32 Å². The van der Waals surface area contributed by atoms with E-state index in [-0.39, 0.29) is 0 Å². The molecule has 1 saturated heterocycles. The Balaban J connectivity index is 1.51. The molecule has 0 spiro atoms. The van der Waals surface area contributed by atoms with Crippen molar-refractivity contribution in [3.8, 4) is 0 Å². The van der Waals surface area contributed by atoms with Crippen molar-refractivity contribution in [2.45, 2.75) is 50.9 Å². The normalized spacial score (nSPS) is 37.1. The summed E-state index contributed by atoms with van der Waals surface area (Å²) in [4.78, 5) is 0. The summed E-state index contributed by atoms with van der Waals surface area (Å²) >= 11 is 0. The van der Waals surface area contributed by atoms with Crippen LogP contribution in [-0.4, -0.2) is 38.0 Å². The van der Waals surface area contributed by atoms with Crippen LogP contribution in [0.15, 0.2) is 0 Å². The molecule has 0 bridgehead atoms. The number of nitrogens with one attached hydrogen (secondary N) is 1. The van der Waals surface area contributed by atoms with E-state index in [1.807, 2.05) is 0 Å². The molecule has 0 amide bonds. The van der Waals surface area contributed by atoms with E-state index in [9.17, 15) is 0 Å². The monoisotopic (exact) mass is 199 g/mol. The van der Waals surface area contributed by atoms with Gasteiger partial charge in [0.1, 0.15) is 0 Å². The molecule has 1 atom stereocenters. The predicted molar refractivity (Wildman–Crippen MR) is 55.4 cm³/mol. The highest BCUT2D eigenvalue weighted by atomic mass is 16.5. The first-order chi connectivity index (χ1) is 6.88. The highest BCUT2D eigenvalue weighted by Crippen LogP contribution is 2.24. The minimum Gasteiger partial charge on any atom is -0.376 e. The van der Waals surface area contributed by atoms with Crippen LogP contribution >= 0.6 is 0 Å². The van der Waals surface area contributed by atoms with Gasteiger partial charge in [-0.25, -0.2) is 0 Å². The van der Waals surface area contributed by atoms with Crippen molar-refractivity contribution in [3.63, 3.8) is 0 Å². The Morgan fingerprint density at radius 1 is 1.43 bits per heavy atom. The minimum atomic E-state index is 0.383. The largest absolute Gasteiger partial charge is 0.376 e. The molecule has 3 nitrogen and oxygen atoms in total. The van der Waals surface area contributed by atoms with Crippen molar-refractivity contribution < 1.29 is 9.47 Å². The number of rotatable bonds is 5. The number of hydrogen-bond acceptors (Lipinski definition) is 3. The second-order valence-corrected chi connectivity index (χ2v) is 4.32. The average Bonchev–Trinajstić information content (AvgIpc) is 2.61. The maximum absolute atomic E-state index is 5.77. The minimum absolute atomic E-state index is 0.383. The topological polar surface area (TPSA) is 30.5 Å². The number of hydrogen-bond donors (Lipinski definition) is 1. The molecule has 1 saturated carbocycles. The van der Waals surface area contributed by atoms with Crippen LogP contribution < -0.4 is 5.32 Å². The Labute approximate surface area is 86.2 Å². The first-order valence-corrected chi connectivity index (χ1v) is 5.85. The fraction of sp³-hybridized carbons (Fsp3) is 1.00. The van der Waals surface area contributed by atoms with E-state index >= 15 is 0 Å². The lowest BCUT2D eigenvalue weighted by Gasteiger charge is -2.36. The molecule has 0 aromatic carbocycles. The summed E-state index contributed by atoms with van der Waals surface area (Å²) < 4.78 is 11.3. The summed E-state index contributed by atoms with van der Waals surface area (Å²) in [5, 5.41) is 3.43. The van der Waals surface area contributed by atoms with Crippen molar-refractivity contribution in [3.05, 3.63) is 0 Å². The molecule has 2 fully saturated rings. The summed E-state index contributed by atoms with van der Waals surface area (Å²) in [6, 6.07) is 0.703. The van der Waals surface area contributed by atoms with Crippen LogP contribution in [0.25, 0.3) is 0 Å². The van der Waals surface area contributed by atoms with Crippen molar-refractivity contribution in [2.75, 3.05) is 19.8 Å². The van der Waals surface area contributed by atoms with Crippen LogP contribution in [0.1, 0.15) is 32.6 Å². The number of ether oxygens (including phenoxy) is 2. The van der Waals surface area contributed by atoms with E-state index < -0.39 is 0 Å². The third-order valence-electron chi connectivity index (χ3n) is 3.13. The van der Waals surface area contributed by atoms with Gasteiger partial charge in [-0.05, 0) is 32.2 Å². The van der Waals surface area contributed by atoms with E-state index in [1.165, 1.54) is 25.7 Å². The van der Waals surface area contributed by atoms with Gasteiger partial charge < -0.3 is 14.8 Å². The Morgan fingerprint density at radius 2 is 2.29 bits per heavy atom. The lowest BCUT2D eigenvalue weighted by Crippen LogP contribution is -2.45. The molecular formula is C11H21NO2. The summed E-state index contributed by atoms with van der Waals surface area (Å²) in [6.07, 6.45) is 5.62. The fourth-order valence-corrected chi connectivity index (χ4v) is 2.18. The zero-order valence-electron chi connectivity index (χ0n) is 9.00. The van der Waals surface area contributed by atoms with E-state index in [1.54, 1.807) is 0 Å². The van der Waals surface area contributed by atoms with Gasteiger partial charge in [0.05, 0.1) is 18.8 Å². The van der Waals surface area contributed by atoms with Gasteiger partial charge in [-0.3, -0.25) is 0 Å². The molecule has 1 aliphatic heterocycles. The molecule has 1 unspecified atom stereocenters. The molecule has 0 aromatic heterocycles. The molecule has 0 radical (unpaired) electrons. The predicted octanol–water partition coefficient (Wildman–Crippen LogP) is 1.32. The summed E-state index contributed by atoms with van der Waals surface area (Å²) in [5.74, 6) is 0. The standard InChI is InChI=1S/C11H21NO2/c1-2-12-9-6-11(7-9)14-8-10-4-3-5-13-10/h9-12H,2-8H2,1H3. The fourth-order valence-electron chi connectivity index (χ4n) is 2.18. The van der Waals surface area contributed by atoms with Gasteiger partial charge in [0.2, 0.25) is 0 Å². The summed E-state index contributed by atoms with van der Waals surface area (Å²) in [5.41, 5.74) is 0. The van der Waals surface area contributed by atoms with Crippen LogP contribution in [0.4, 0.5) is 0 Å². The molecule has 1 N–H and O–H groups in total. The average molecular weight is 199 g/mol. The van der Waals surface area contributed by atoms with E-state index in [0.717, 1.165) is 19.8 Å². The second-order valence-electron chi connectivity index (χ2n) is 4.32. The highest BCUT2D eigenvalue weighted by Gasteiger charge is 2.30. The lowest BCUT2D eigenvalue weighted by atomic mass is 9.89. The van der Waals surface area contributed by atoms with Crippen molar-refractivity contribution >= 4 is 0 Å². The Bertz CT molecular complexity index is 163. The van der Waals surface area contributed by atoms with Gasteiger partial charge in [0.15, 0.2) is 0 Å². The van der Waals surface area contributed by atoms with E-state index in [0.29, 0.717) is 18.2 Å². The lowest BCUT2D eigenvalue weighted by molar-refractivity contribution is -0.0592.